The van der Waals surface area contributed by atoms with E-state index in [0.29, 0.717) is 16.4 Å². The summed E-state index contributed by atoms with van der Waals surface area (Å²) >= 11 is 4.92. The smallest absolute Gasteiger partial charge is 0.137 e. The average molecular weight is 371 g/mol. The molecule has 1 aromatic heterocycles. The lowest BCUT2D eigenvalue weighted by Gasteiger charge is -2.09. The van der Waals surface area contributed by atoms with Gasteiger partial charge in [0.25, 0.3) is 0 Å². The summed E-state index contributed by atoms with van der Waals surface area (Å²) in [7, 11) is 0. The fraction of sp³-hybridized carbons (Fsp3) is 0.438. The molecule has 0 radical (unpaired) electrons. The van der Waals surface area contributed by atoms with Crippen LogP contribution < -0.4 is 5.32 Å². The minimum atomic E-state index is -0.249. The molecule has 2 aromatic rings. The predicted molar refractivity (Wildman–Crippen MR) is 91.3 cm³/mol. The molecule has 1 aromatic carbocycles. The zero-order valence-corrected chi connectivity index (χ0v) is 15.1. The minimum absolute atomic E-state index is 0.249. The molecule has 1 heterocycles. The van der Waals surface area contributed by atoms with Gasteiger partial charge in [-0.15, -0.1) is 11.3 Å². The molecule has 5 heteroatoms. The Balaban J connectivity index is 2.36. The summed E-state index contributed by atoms with van der Waals surface area (Å²) < 4.78 is 13.8. The van der Waals surface area contributed by atoms with Crippen molar-refractivity contribution in [2.45, 2.75) is 46.2 Å². The van der Waals surface area contributed by atoms with Gasteiger partial charge in [0.2, 0.25) is 0 Å². The van der Waals surface area contributed by atoms with E-state index in [1.54, 1.807) is 23.5 Å². The maximum absolute atomic E-state index is 13.4. The van der Waals surface area contributed by atoms with Crippen LogP contribution in [0.15, 0.2) is 22.7 Å². The van der Waals surface area contributed by atoms with Crippen LogP contribution in [0.25, 0.3) is 10.6 Å². The number of aromatic nitrogens is 1. The fourth-order valence-electron chi connectivity index (χ4n) is 1.99. The molecule has 0 atom stereocenters. The van der Waals surface area contributed by atoms with Crippen molar-refractivity contribution in [1.29, 1.82) is 0 Å². The van der Waals surface area contributed by atoms with Crippen LogP contribution in [0.5, 0.6) is 0 Å². The highest BCUT2D eigenvalue weighted by Gasteiger charge is 2.16. The molecule has 0 fully saturated rings. The van der Waals surface area contributed by atoms with E-state index in [9.17, 15) is 4.39 Å². The topological polar surface area (TPSA) is 24.9 Å². The number of nitrogens with one attached hydrogen (secondary N) is 1. The normalized spacial score (nSPS) is 11.6. The molecule has 0 aliphatic rings. The lowest BCUT2D eigenvalue weighted by molar-refractivity contribution is 0.588. The van der Waals surface area contributed by atoms with E-state index in [1.807, 2.05) is 0 Å². The molecule has 0 aliphatic heterocycles. The SMILES string of the molecule is CC(C)NCc1sc(-c2ccc(F)c(Br)c2)nc1C(C)C. The summed E-state index contributed by atoms with van der Waals surface area (Å²) in [6.45, 7) is 9.39. The quantitative estimate of drug-likeness (QED) is 0.768. The summed E-state index contributed by atoms with van der Waals surface area (Å²) in [6.07, 6.45) is 0. The fourth-order valence-corrected chi connectivity index (χ4v) is 3.53. The van der Waals surface area contributed by atoms with E-state index in [0.717, 1.165) is 22.8 Å². The molecule has 0 aliphatic carbocycles. The molecule has 0 bridgehead atoms. The third-order valence-electron chi connectivity index (χ3n) is 3.11. The van der Waals surface area contributed by atoms with E-state index in [4.69, 9.17) is 4.98 Å². The number of rotatable bonds is 5. The Kier molecular flexibility index (Phi) is 5.52. The molecule has 1 N–H and O–H groups in total. The Morgan fingerprint density at radius 2 is 2.00 bits per heavy atom. The summed E-state index contributed by atoms with van der Waals surface area (Å²) in [4.78, 5) is 6.02. The van der Waals surface area contributed by atoms with Gasteiger partial charge in [-0.05, 0) is 40.0 Å². The van der Waals surface area contributed by atoms with Gasteiger partial charge in [0.1, 0.15) is 10.8 Å². The molecule has 0 unspecified atom stereocenters. The van der Waals surface area contributed by atoms with Gasteiger partial charge in [-0.1, -0.05) is 27.7 Å². The maximum Gasteiger partial charge on any atom is 0.137 e. The third kappa shape index (κ3) is 4.11. The van der Waals surface area contributed by atoms with E-state index in [2.05, 4.69) is 48.9 Å². The molecule has 2 rings (SSSR count). The Morgan fingerprint density at radius 3 is 2.57 bits per heavy atom. The second-order valence-corrected chi connectivity index (χ2v) is 7.58. The molecule has 0 amide bonds. The van der Waals surface area contributed by atoms with Crippen LogP contribution in [0, 0.1) is 5.82 Å². The van der Waals surface area contributed by atoms with Crippen molar-refractivity contribution in [3.8, 4) is 10.6 Å². The van der Waals surface area contributed by atoms with E-state index < -0.39 is 0 Å². The summed E-state index contributed by atoms with van der Waals surface area (Å²) in [5.41, 5.74) is 2.08. The molecule has 114 valence electrons. The van der Waals surface area contributed by atoms with E-state index in [1.165, 1.54) is 10.9 Å². The third-order valence-corrected chi connectivity index (χ3v) is 4.84. The van der Waals surface area contributed by atoms with Crippen molar-refractivity contribution >= 4 is 27.3 Å². The summed E-state index contributed by atoms with van der Waals surface area (Å²) in [6, 6.07) is 5.48. The highest BCUT2D eigenvalue weighted by molar-refractivity contribution is 9.10. The molecular weight excluding hydrogens is 351 g/mol. The predicted octanol–water partition coefficient (Wildman–Crippen LogP) is 5.33. The molecule has 0 spiro atoms. The standard InChI is InChI=1S/C16H20BrFN2S/c1-9(2)15-14(8-19-10(3)4)21-16(20-15)11-5-6-13(18)12(17)7-11/h5-7,9-10,19H,8H2,1-4H3. The van der Waals surface area contributed by atoms with Gasteiger partial charge in [-0.25, -0.2) is 9.37 Å². The van der Waals surface area contributed by atoms with Crippen molar-refractivity contribution in [3.63, 3.8) is 0 Å². The van der Waals surface area contributed by atoms with Crippen LogP contribution in [-0.4, -0.2) is 11.0 Å². The van der Waals surface area contributed by atoms with Crippen LogP contribution in [0.4, 0.5) is 4.39 Å². The zero-order chi connectivity index (χ0) is 15.6. The number of hydrogen-bond acceptors (Lipinski definition) is 3. The van der Waals surface area contributed by atoms with Gasteiger partial charge in [-0.3, -0.25) is 0 Å². The Bertz CT molecular complexity index is 623. The molecule has 21 heavy (non-hydrogen) atoms. The van der Waals surface area contributed by atoms with Gasteiger partial charge < -0.3 is 5.32 Å². The van der Waals surface area contributed by atoms with E-state index >= 15 is 0 Å². The first-order valence-electron chi connectivity index (χ1n) is 7.07. The minimum Gasteiger partial charge on any atom is -0.310 e. The number of benzene rings is 1. The Hall–Kier alpha value is -0.780. The molecule has 0 saturated carbocycles. The maximum atomic E-state index is 13.4. The second-order valence-electron chi connectivity index (χ2n) is 5.65. The highest BCUT2D eigenvalue weighted by atomic mass is 79.9. The lowest BCUT2D eigenvalue weighted by atomic mass is 10.1. The van der Waals surface area contributed by atoms with Crippen LogP contribution in [-0.2, 0) is 6.54 Å². The van der Waals surface area contributed by atoms with Crippen molar-refractivity contribution in [3.05, 3.63) is 39.1 Å². The number of nitrogens with zero attached hydrogens (tertiary/aromatic N) is 1. The van der Waals surface area contributed by atoms with Gasteiger partial charge in [-0.2, -0.15) is 0 Å². The summed E-state index contributed by atoms with van der Waals surface area (Å²) in [5, 5.41) is 4.39. The first-order chi connectivity index (χ1) is 9.88. The Morgan fingerprint density at radius 1 is 1.29 bits per heavy atom. The average Bonchev–Trinajstić information content (AvgIpc) is 2.84. The number of thiazole rings is 1. The van der Waals surface area contributed by atoms with Crippen LogP contribution in [0.3, 0.4) is 0 Å². The monoisotopic (exact) mass is 370 g/mol. The molecular formula is C16H20BrFN2S. The molecule has 0 saturated heterocycles. The van der Waals surface area contributed by atoms with Crippen molar-refractivity contribution in [2.24, 2.45) is 0 Å². The molecule has 2 nitrogen and oxygen atoms in total. The van der Waals surface area contributed by atoms with Gasteiger partial charge in [0, 0.05) is 23.0 Å². The second kappa shape index (κ2) is 6.99. The van der Waals surface area contributed by atoms with Crippen LogP contribution in [0.1, 0.15) is 44.2 Å². The van der Waals surface area contributed by atoms with Gasteiger partial charge in [0.15, 0.2) is 0 Å². The first kappa shape index (κ1) is 16.6. The van der Waals surface area contributed by atoms with Crippen LogP contribution in [0.2, 0.25) is 0 Å². The Labute approximate surface area is 137 Å². The number of hydrogen-bond donors (Lipinski definition) is 1. The van der Waals surface area contributed by atoms with E-state index in [-0.39, 0.29) is 5.82 Å². The largest absolute Gasteiger partial charge is 0.310 e. The van der Waals surface area contributed by atoms with Crippen molar-refractivity contribution < 1.29 is 4.39 Å². The summed E-state index contributed by atoms with van der Waals surface area (Å²) in [5.74, 6) is 0.129. The van der Waals surface area contributed by atoms with Gasteiger partial charge in [0.05, 0.1) is 10.2 Å². The van der Waals surface area contributed by atoms with Crippen LogP contribution >= 0.6 is 27.3 Å². The van der Waals surface area contributed by atoms with Crippen molar-refractivity contribution in [2.75, 3.05) is 0 Å². The number of halogens is 2. The van der Waals surface area contributed by atoms with Gasteiger partial charge >= 0.3 is 0 Å². The lowest BCUT2D eigenvalue weighted by Crippen LogP contribution is -2.22. The van der Waals surface area contributed by atoms with Crippen molar-refractivity contribution in [1.82, 2.24) is 10.3 Å². The highest BCUT2D eigenvalue weighted by Crippen LogP contribution is 2.33. The zero-order valence-electron chi connectivity index (χ0n) is 12.7. The first-order valence-corrected chi connectivity index (χ1v) is 8.67.